The molecule has 0 unspecified atom stereocenters. The Balaban J connectivity index is 2.38. The van der Waals surface area contributed by atoms with Crippen LogP contribution in [0.15, 0.2) is 36.8 Å². The molecule has 0 atom stereocenters. The molecule has 94 valence electrons. The Bertz CT molecular complexity index is 774. The van der Waals surface area contributed by atoms with Crippen LogP contribution in [-0.4, -0.2) is 20.8 Å². The molecule has 4 nitrogen and oxygen atoms in total. The van der Waals surface area contributed by atoms with E-state index >= 15 is 0 Å². The highest BCUT2D eigenvalue weighted by atomic mass is 16.1. The second-order valence-corrected chi connectivity index (χ2v) is 4.60. The molecule has 0 aliphatic rings. The first kappa shape index (κ1) is 11.6. The molecule has 2 heterocycles. The van der Waals surface area contributed by atoms with Crippen molar-refractivity contribution in [3.05, 3.63) is 47.9 Å². The summed E-state index contributed by atoms with van der Waals surface area (Å²) in [4.78, 5) is 19.8. The van der Waals surface area contributed by atoms with E-state index in [2.05, 4.69) is 16.0 Å². The molecule has 0 aliphatic heterocycles. The molecule has 4 heteroatoms. The minimum absolute atomic E-state index is 0.620. The van der Waals surface area contributed by atoms with Crippen LogP contribution < -0.4 is 0 Å². The lowest BCUT2D eigenvalue weighted by atomic mass is 10.0. The van der Waals surface area contributed by atoms with Gasteiger partial charge in [-0.1, -0.05) is 23.8 Å². The number of benzene rings is 1. The first-order chi connectivity index (χ1) is 9.20. The summed E-state index contributed by atoms with van der Waals surface area (Å²) in [5.74, 6) is 0. The van der Waals surface area contributed by atoms with Crippen molar-refractivity contribution in [2.24, 2.45) is 7.05 Å². The highest BCUT2D eigenvalue weighted by Crippen LogP contribution is 2.28. The summed E-state index contributed by atoms with van der Waals surface area (Å²) in [6.07, 6.45) is 4.17. The van der Waals surface area contributed by atoms with E-state index in [-0.39, 0.29) is 0 Å². The van der Waals surface area contributed by atoms with E-state index in [4.69, 9.17) is 0 Å². The highest BCUT2D eigenvalue weighted by molar-refractivity contribution is 6.03. The van der Waals surface area contributed by atoms with Crippen LogP contribution in [0.25, 0.3) is 22.3 Å². The molecule has 0 aliphatic carbocycles. The van der Waals surface area contributed by atoms with E-state index in [1.54, 1.807) is 6.20 Å². The third kappa shape index (κ3) is 1.81. The van der Waals surface area contributed by atoms with Gasteiger partial charge in [0.25, 0.3) is 0 Å². The summed E-state index contributed by atoms with van der Waals surface area (Å²) in [6.45, 7) is 2.04. The second-order valence-electron chi connectivity index (χ2n) is 4.60. The summed E-state index contributed by atoms with van der Waals surface area (Å²) < 4.78 is 1.85. The van der Waals surface area contributed by atoms with E-state index in [1.165, 1.54) is 6.33 Å². The van der Waals surface area contributed by atoms with Gasteiger partial charge in [-0.05, 0) is 13.0 Å². The van der Waals surface area contributed by atoms with Gasteiger partial charge in [-0.25, -0.2) is 9.97 Å². The van der Waals surface area contributed by atoms with E-state index in [0.717, 1.165) is 34.1 Å². The van der Waals surface area contributed by atoms with Gasteiger partial charge in [0.15, 0.2) is 6.29 Å². The quantitative estimate of drug-likeness (QED) is 0.658. The number of aryl methyl sites for hydroxylation is 2. The molecule has 0 fully saturated rings. The van der Waals surface area contributed by atoms with Crippen molar-refractivity contribution in [3.8, 4) is 11.3 Å². The zero-order valence-electron chi connectivity index (χ0n) is 10.8. The molecule has 3 rings (SSSR count). The largest absolute Gasteiger partial charge is 0.335 e. The van der Waals surface area contributed by atoms with Crippen LogP contribution in [0.5, 0.6) is 0 Å². The molecule has 0 saturated heterocycles. The minimum Gasteiger partial charge on any atom is -0.335 e. The van der Waals surface area contributed by atoms with Crippen LogP contribution in [0, 0.1) is 6.92 Å². The summed E-state index contributed by atoms with van der Waals surface area (Å²) >= 11 is 0. The molecule has 0 amide bonds. The lowest BCUT2D eigenvalue weighted by Gasteiger charge is -2.04. The van der Waals surface area contributed by atoms with Gasteiger partial charge >= 0.3 is 0 Å². The fraction of sp³-hybridized carbons (Fsp3) is 0.133. The molecule has 0 bridgehead atoms. The summed E-state index contributed by atoms with van der Waals surface area (Å²) in [5, 5.41) is 0.811. The van der Waals surface area contributed by atoms with E-state index < -0.39 is 0 Å². The van der Waals surface area contributed by atoms with Gasteiger partial charge in [0.1, 0.15) is 12.0 Å². The molecular formula is C15H13N3O. The number of fused-ring (bicyclic) bond motifs is 1. The van der Waals surface area contributed by atoms with Gasteiger partial charge in [0, 0.05) is 24.4 Å². The van der Waals surface area contributed by atoms with Crippen LogP contribution in [0.4, 0.5) is 0 Å². The smallest absolute Gasteiger partial charge is 0.152 e. The van der Waals surface area contributed by atoms with Crippen LogP contribution in [-0.2, 0) is 7.05 Å². The maximum atomic E-state index is 11.2. The van der Waals surface area contributed by atoms with Crippen molar-refractivity contribution in [3.63, 3.8) is 0 Å². The number of rotatable bonds is 2. The van der Waals surface area contributed by atoms with E-state index in [9.17, 15) is 4.79 Å². The minimum atomic E-state index is 0.620. The summed E-state index contributed by atoms with van der Waals surface area (Å²) in [7, 11) is 1.88. The molecular weight excluding hydrogens is 238 g/mol. The number of aromatic nitrogens is 3. The number of nitrogens with zero attached hydrogens (tertiary/aromatic N) is 3. The van der Waals surface area contributed by atoms with Crippen LogP contribution >= 0.6 is 0 Å². The predicted molar refractivity (Wildman–Crippen MR) is 74.1 cm³/mol. The van der Waals surface area contributed by atoms with E-state index in [0.29, 0.717) is 5.56 Å². The first-order valence-corrected chi connectivity index (χ1v) is 6.03. The van der Waals surface area contributed by atoms with E-state index in [1.807, 2.05) is 36.7 Å². The molecule has 2 aromatic heterocycles. The molecule has 3 aromatic rings. The first-order valence-electron chi connectivity index (χ1n) is 6.03. The lowest BCUT2D eigenvalue weighted by Crippen LogP contribution is -1.92. The third-order valence-corrected chi connectivity index (χ3v) is 3.20. The Hall–Kier alpha value is -2.49. The molecule has 19 heavy (non-hydrogen) atoms. The monoisotopic (exact) mass is 251 g/mol. The van der Waals surface area contributed by atoms with Gasteiger partial charge in [0.2, 0.25) is 0 Å². The van der Waals surface area contributed by atoms with Crippen LogP contribution in [0.1, 0.15) is 15.9 Å². The zero-order chi connectivity index (χ0) is 13.4. The van der Waals surface area contributed by atoms with Crippen molar-refractivity contribution in [1.82, 2.24) is 14.5 Å². The van der Waals surface area contributed by atoms with Gasteiger partial charge in [-0.2, -0.15) is 0 Å². The molecule has 0 saturated carbocycles. The molecule has 0 radical (unpaired) electrons. The normalized spacial score (nSPS) is 10.8. The Morgan fingerprint density at radius 3 is 2.84 bits per heavy atom. The maximum absolute atomic E-state index is 11.2. The Labute approximate surface area is 110 Å². The molecule has 0 spiro atoms. The van der Waals surface area contributed by atoms with Crippen molar-refractivity contribution in [1.29, 1.82) is 0 Å². The standard InChI is InChI=1S/C15H13N3O/c1-10-4-3-5-11(6-10)14-13-12(8-19)7-18(2)15(13)17-9-16-14/h3-9H,1-2H3. The van der Waals surface area contributed by atoms with Gasteiger partial charge in [-0.15, -0.1) is 0 Å². The van der Waals surface area contributed by atoms with Crippen molar-refractivity contribution >= 4 is 17.3 Å². The number of carbonyl (C=O) groups excluding carboxylic acids is 1. The number of hydrogen-bond donors (Lipinski definition) is 0. The topological polar surface area (TPSA) is 47.8 Å². The maximum Gasteiger partial charge on any atom is 0.152 e. The zero-order valence-corrected chi connectivity index (χ0v) is 10.8. The fourth-order valence-corrected chi connectivity index (χ4v) is 2.34. The third-order valence-electron chi connectivity index (χ3n) is 3.20. The van der Waals surface area contributed by atoms with Gasteiger partial charge in [0.05, 0.1) is 11.1 Å². The van der Waals surface area contributed by atoms with Crippen molar-refractivity contribution in [2.75, 3.05) is 0 Å². The SMILES string of the molecule is Cc1cccc(-c2ncnc3c2c(C=O)cn3C)c1. The van der Waals surface area contributed by atoms with Crippen molar-refractivity contribution in [2.45, 2.75) is 6.92 Å². The average Bonchev–Trinajstić information content (AvgIpc) is 2.76. The predicted octanol–water partition coefficient (Wildman–Crippen LogP) is 2.76. The fourth-order valence-electron chi connectivity index (χ4n) is 2.34. The van der Waals surface area contributed by atoms with Crippen molar-refractivity contribution < 1.29 is 4.79 Å². The summed E-state index contributed by atoms with van der Waals surface area (Å²) in [6, 6.07) is 8.08. The van der Waals surface area contributed by atoms with Gasteiger partial charge < -0.3 is 4.57 Å². The Kier molecular flexibility index (Phi) is 2.63. The average molecular weight is 251 g/mol. The van der Waals surface area contributed by atoms with Gasteiger partial charge in [-0.3, -0.25) is 4.79 Å². The number of aldehydes is 1. The van der Waals surface area contributed by atoms with Crippen LogP contribution in [0.3, 0.4) is 0 Å². The van der Waals surface area contributed by atoms with Crippen LogP contribution in [0.2, 0.25) is 0 Å². The highest BCUT2D eigenvalue weighted by Gasteiger charge is 2.14. The Morgan fingerprint density at radius 2 is 2.11 bits per heavy atom. The number of carbonyl (C=O) groups is 1. The lowest BCUT2D eigenvalue weighted by molar-refractivity contribution is 0.112. The molecule has 1 aromatic carbocycles. The second kappa shape index (κ2) is 4.31. The molecule has 0 N–H and O–H groups in total. The Morgan fingerprint density at radius 1 is 1.26 bits per heavy atom. The summed E-state index contributed by atoms with van der Waals surface area (Å²) in [5.41, 5.74) is 4.36. The number of hydrogen-bond acceptors (Lipinski definition) is 3.